The molecular weight excluding hydrogens is 412 g/mol. The number of guanidine groups is 1. The Balaban J connectivity index is 0.00000484. The summed E-state index contributed by atoms with van der Waals surface area (Å²) in [6.07, 6.45) is 1.07. The number of nitrogens with zero attached hydrogens (tertiary/aromatic N) is 2. The Labute approximate surface area is 154 Å². The molecule has 0 heterocycles. The first kappa shape index (κ1) is 21.6. The second kappa shape index (κ2) is 12.1. The van der Waals surface area contributed by atoms with E-state index in [0.717, 1.165) is 11.5 Å². The molecule has 1 N–H and O–H groups in total. The van der Waals surface area contributed by atoms with Gasteiger partial charge in [-0.15, -0.1) is 24.0 Å². The van der Waals surface area contributed by atoms with Crippen LogP contribution < -0.4 is 5.32 Å². The van der Waals surface area contributed by atoms with Gasteiger partial charge in [-0.2, -0.15) is 0 Å². The predicted octanol–water partition coefficient (Wildman–Crippen LogP) is 2.79. The highest BCUT2D eigenvalue weighted by atomic mass is 127. The zero-order valence-corrected chi connectivity index (χ0v) is 16.2. The van der Waals surface area contributed by atoms with Crippen LogP contribution in [0.3, 0.4) is 0 Å². The van der Waals surface area contributed by atoms with Crippen LogP contribution in [0.25, 0.3) is 0 Å². The van der Waals surface area contributed by atoms with E-state index >= 15 is 0 Å². The van der Waals surface area contributed by atoms with Crippen LogP contribution >= 0.6 is 24.0 Å². The first-order valence-corrected chi connectivity index (χ1v) is 7.38. The molecule has 1 aromatic carbocycles. The summed E-state index contributed by atoms with van der Waals surface area (Å²) in [7, 11) is 3.61. The number of ether oxygens (including phenoxy) is 1. The van der Waals surface area contributed by atoms with Crippen molar-refractivity contribution in [2.75, 3.05) is 27.2 Å². The Bertz CT molecular complexity index is 495. The molecule has 23 heavy (non-hydrogen) atoms. The standard InChI is InChI=1S/C16H24FN3O2.HI/c1-4-22-15(21)6-5-11-19-16(18-2)20(3)12-13-7-9-14(17)10-8-13;/h7-10H,4-6,11-12H2,1-3H3,(H,18,19);1H. The lowest BCUT2D eigenvalue weighted by Gasteiger charge is -2.22. The molecular formula is C16H25FIN3O2. The van der Waals surface area contributed by atoms with Gasteiger partial charge in [0.1, 0.15) is 5.82 Å². The number of hydrogen-bond donors (Lipinski definition) is 1. The average Bonchev–Trinajstić information content (AvgIpc) is 2.50. The van der Waals surface area contributed by atoms with Crippen molar-refractivity contribution in [2.24, 2.45) is 4.99 Å². The lowest BCUT2D eigenvalue weighted by atomic mass is 10.2. The van der Waals surface area contributed by atoms with E-state index in [1.165, 1.54) is 12.1 Å². The van der Waals surface area contributed by atoms with Gasteiger partial charge in [-0.1, -0.05) is 12.1 Å². The Morgan fingerprint density at radius 1 is 1.35 bits per heavy atom. The van der Waals surface area contributed by atoms with E-state index in [2.05, 4.69) is 10.3 Å². The zero-order chi connectivity index (χ0) is 16.4. The van der Waals surface area contributed by atoms with Gasteiger partial charge in [0, 0.05) is 33.6 Å². The van der Waals surface area contributed by atoms with Crippen LogP contribution in [0.1, 0.15) is 25.3 Å². The number of carbonyl (C=O) groups is 1. The second-order valence-corrected chi connectivity index (χ2v) is 4.87. The first-order chi connectivity index (χ1) is 10.6. The largest absolute Gasteiger partial charge is 0.466 e. The molecule has 0 saturated carbocycles. The Hall–Kier alpha value is -1.38. The van der Waals surface area contributed by atoms with Crippen molar-refractivity contribution in [3.63, 3.8) is 0 Å². The van der Waals surface area contributed by atoms with Crippen molar-refractivity contribution in [3.8, 4) is 0 Å². The van der Waals surface area contributed by atoms with E-state index < -0.39 is 0 Å². The fourth-order valence-corrected chi connectivity index (χ4v) is 1.99. The highest BCUT2D eigenvalue weighted by Crippen LogP contribution is 2.05. The molecule has 0 bridgehead atoms. The minimum Gasteiger partial charge on any atom is -0.466 e. The molecule has 0 aliphatic carbocycles. The lowest BCUT2D eigenvalue weighted by Crippen LogP contribution is -2.39. The van der Waals surface area contributed by atoms with Crippen molar-refractivity contribution in [3.05, 3.63) is 35.6 Å². The number of esters is 1. The topological polar surface area (TPSA) is 53.9 Å². The Kier molecular flexibility index (Phi) is 11.4. The monoisotopic (exact) mass is 437 g/mol. The number of hydrogen-bond acceptors (Lipinski definition) is 3. The van der Waals surface area contributed by atoms with Gasteiger partial charge in [0.15, 0.2) is 5.96 Å². The van der Waals surface area contributed by atoms with Crippen LogP contribution in [0.5, 0.6) is 0 Å². The molecule has 7 heteroatoms. The fraction of sp³-hybridized carbons (Fsp3) is 0.500. The summed E-state index contributed by atoms with van der Waals surface area (Å²) in [5.41, 5.74) is 0.998. The SMILES string of the molecule is CCOC(=O)CCCNC(=NC)N(C)Cc1ccc(F)cc1.I. The smallest absolute Gasteiger partial charge is 0.305 e. The number of nitrogens with one attached hydrogen (secondary N) is 1. The van der Waals surface area contributed by atoms with Crippen molar-refractivity contribution >= 4 is 35.9 Å². The maximum atomic E-state index is 12.9. The van der Waals surface area contributed by atoms with Crippen molar-refractivity contribution < 1.29 is 13.9 Å². The van der Waals surface area contributed by atoms with Crippen molar-refractivity contribution in [1.29, 1.82) is 0 Å². The third-order valence-corrected chi connectivity index (χ3v) is 3.05. The summed E-state index contributed by atoms with van der Waals surface area (Å²) in [6.45, 7) is 3.47. The van der Waals surface area contributed by atoms with Gasteiger partial charge in [-0.25, -0.2) is 4.39 Å². The summed E-state index contributed by atoms with van der Waals surface area (Å²) < 4.78 is 17.8. The molecule has 0 amide bonds. The minimum atomic E-state index is -0.243. The quantitative estimate of drug-likeness (QED) is 0.234. The summed E-state index contributed by atoms with van der Waals surface area (Å²) in [5.74, 6) is 0.306. The van der Waals surface area contributed by atoms with E-state index in [4.69, 9.17) is 4.74 Å². The summed E-state index contributed by atoms with van der Waals surface area (Å²) in [6, 6.07) is 6.39. The van der Waals surface area contributed by atoms with E-state index in [1.54, 1.807) is 26.1 Å². The molecule has 1 aromatic rings. The summed E-state index contributed by atoms with van der Waals surface area (Å²) in [4.78, 5) is 17.4. The van der Waals surface area contributed by atoms with Gasteiger partial charge >= 0.3 is 5.97 Å². The van der Waals surface area contributed by atoms with Gasteiger partial charge in [0.05, 0.1) is 6.61 Å². The number of rotatable bonds is 7. The first-order valence-electron chi connectivity index (χ1n) is 7.38. The number of benzene rings is 1. The van der Waals surface area contributed by atoms with Crippen molar-refractivity contribution in [1.82, 2.24) is 10.2 Å². The third-order valence-electron chi connectivity index (χ3n) is 3.05. The van der Waals surface area contributed by atoms with Gasteiger partial charge in [0.25, 0.3) is 0 Å². The molecule has 0 aliphatic rings. The van der Waals surface area contributed by atoms with Crippen LogP contribution in [0.4, 0.5) is 4.39 Å². The Morgan fingerprint density at radius 2 is 2.00 bits per heavy atom. The molecule has 130 valence electrons. The number of carbonyl (C=O) groups excluding carboxylic acids is 1. The second-order valence-electron chi connectivity index (χ2n) is 4.87. The van der Waals surface area contributed by atoms with E-state index in [-0.39, 0.29) is 35.8 Å². The third kappa shape index (κ3) is 8.73. The molecule has 0 radical (unpaired) electrons. The average molecular weight is 437 g/mol. The van der Waals surface area contributed by atoms with Gasteiger partial charge in [0.2, 0.25) is 0 Å². The van der Waals surface area contributed by atoms with E-state index in [0.29, 0.717) is 32.5 Å². The number of aliphatic imine (C=N–C) groups is 1. The summed E-state index contributed by atoms with van der Waals surface area (Å²) >= 11 is 0. The van der Waals surface area contributed by atoms with Gasteiger partial charge < -0.3 is 15.0 Å². The molecule has 0 unspecified atom stereocenters. The van der Waals surface area contributed by atoms with Crippen LogP contribution in [0, 0.1) is 5.82 Å². The van der Waals surface area contributed by atoms with Crippen LogP contribution in [-0.2, 0) is 16.1 Å². The summed E-state index contributed by atoms with van der Waals surface area (Å²) in [5, 5.41) is 3.19. The molecule has 1 rings (SSSR count). The van der Waals surface area contributed by atoms with E-state index in [1.807, 2.05) is 11.9 Å². The Morgan fingerprint density at radius 3 is 2.57 bits per heavy atom. The minimum absolute atomic E-state index is 0. The number of halogens is 2. The maximum Gasteiger partial charge on any atom is 0.305 e. The lowest BCUT2D eigenvalue weighted by molar-refractivity contribution is -0.143. The van der Waals surface area contributed by atoms with Crippen LogP contribution in [0.2, 0.25) is 0 Å². The molecule has 0 spiro atoms. The van der Waals surface area contributed by atoms with Crippen LogP contribution in [0.15, 0.2) is 29.3 Å². The molecule has 0 saturated heterocycles. The van der Waals surface area contributed by atoms with Gasteiger partial charge in [-0.05, 0) is 31.0 Å². The van der Waals surface area contributed by atoms with E-state index in [9.17, 15) is 9.18 Å². The molecule has 0 aliphatic heterocycles. The van der Waals surface area contributed by atoms with Crippen LogP contribution in [-0.4, -0.2) is 44.1 Å². The predicted molar refractivity (Wildman–Crippen MR) is 101 cm³/mol. The normalized spacial score (nSPS) is 10.7. The highest BCUT2D eigenvalue weighted by Gasteiger charge is 2.07. The fourth-order valence-electron chi connectivity index (χ4n) is 1.99. The molecule has 5 nitrogen and oxygen atoms in total. The van der Waals surface area contributed by atoms with Gasteiger partial charge in [-0.3, -0.25) is 9.79 Å². The molecule has 0 fully saturated rings. The highest BCUT2D eigenvalue weighted by molar-refractivity contribution is 14.0. The zero-order valence-electron chi connectivity index (χ0n) is 13.8. The molecule has 0 aromatic heterocycles. The molecule has 0 atom stereocenters. The van der Waals surface area contributed by atoms with Crippen molar-refractivity contribution in [2.45, 2.75) is 26.3 Å². The maximum absolute atomic E-state index is 12.9.